The van der Waals surface area contributed by atoms with E-state index < -0.39 is 11.6 Å². The van der Waals surface area contributed by atoms with Crippen molar-refractivity contribution < 1.29 is 23.4 Å². The maximum absolute atomic E-state index is 14.8. The molecule has 0 radical (unpaired) electrons. The van der Waals surface area contributed by atoms with Gasteiger partial charge in [-0.15, -0.1) is 0 Å². The van der Waals surface area contributed by atoms with Crippen molar-refractivity contribution >= 4 is 11.5 Å². The molecular weight excluding hydrogens is 482 g/mol. The van der Waals surface area contributed by atoms with Crippen molar-refractivity contribution in [3.05, 3.63) is 71.3 Å². The number of pyridine rings is 1. The van der Waals surface area contributed by atoms with E-state index in [-0.39, 0.29) is 31.1 Å². The lowest BCUT2D eigenvalue weighted by Crippen LogP contribution is -2.10. The van der Waals surface area contributed by atoms with Crippen LogP contribution >= 0.6 is 0 Å². The van der Waals surface area contributed by atoms with E-state index in [0.717, 1.165) is 36.2 Å². The summed E-state index contributed by atoms with van der Waals surface area (Å²) in [6.07, 6.45) is 7.21. The zero-order valence-electron chi connectivity index (χ0n) is 20.2. The Morgan fingerprint density at radius 1 is 1.11 bits per heavy atom. The van der Waals surface area contributed by atoms with Crippen LogP contribution in [0.5, 0.6) is 11.5 Å². The molecule has 0 unspecified atom stereocenters. The Morgan fingerprint density at radius 2 is 1.89 bits per heavy atom. The fraction of sp³-hybridized carbons (Fsp3) is 0.308. The molecule has 0 atom stereocenters. The summed E-state index contributed by atoms with van der Waals surface area (Å²) in [5, 5.41) is 17.1. The van der Waals surface area contributed by atoms with Crippen molar-refractivity contribution in [2.75, 3.05) is 25.1 Å². The molecule has 2 N–H and O–H groups in total. The number of nitrogens with one attached hydrogen (secondary N) is 1. The Balaban J connectivity index is 1.50. The van der Waals surface area contributed by atoms with Gasteiger partial charge in [-0.25, -0.2) is 18.7 Å². The molecule has 0 saturated carbocycles. The molecule has 4 aromatic rings. The number of ether oxygens (including phenoxy) is 2. The van der Waals surface area contributed by atoms with Crippen molar-refractivity contribution in [2.45, 2.75) is 32.7 Å². The van der Waals surface area contributed by atoms with Crippen LogP contribution in [0.15, 0.2) is 42.9 Å². The van der Waals surface area contributed by atoms with E-state index in [1.54, 1.807) is 36.1 Å². The molecule has 1 aromatic carbocycles. The summed E-state index contributed by atoms with van der Waals surface area (Å²) < 4.78 is 42.0. The predicted octanol–water partition coefficient (Wildman–Crippen LogP) is 4.06. The van der Waals surface area contributed by atoms with Gasteiger partial charge in [-0.1, -0.05) is 0 Å². The van der Waals surface area contributed by atoms with E-state index in [0.29, 0.717) is 29.7 Å². The Bertz CT molecular complexity index is 1370. The van der Waals surface area contributed by atoms with Crippen molar-refractivity contribution in [3.63, 3.8) is 0 Å². The Labute approximate surface area is 212 Å². The number of rotatable bonds is 10. The van der Waals surface area contributed by atoms with Gasteiger partial charge in [-0.2, -0.15) is 5.10 Å². The smallest absolute Gasteiger partial charge is 0.182 e. The van der Waals surface area contributed by atoms with E-state index in [9.17, 15) is 13.9 Å². The SMILES string of the molecule is CCOc1cc(F)c(Cn2nc(-c3ncc(OCCO)c(Nc4ccncc4)n3)c3c2CCC3)c(F)c1. The highest BCUT2D eigenvalue weighted by atomic mass is 19.1. The van der Waals surface area contributed by atoms with Gasteiger partial charge in [0.1, 0.15) is 29.7 Å². The summed E-state index contributed by atoms with van der Waals surface area (Å²) in [6.45, 7) is 1.93. The lowest BCUT2D eigenvalue weighted by Gasteiger charge is -2.12. The molecule has 0 bridgehead atoms. The number of nitrogens with zero attached hydrogens (tertiary/aromatic N) is 5. The van der Waals surface area contributed by atoms with Gasteiger partial charge < -0.3 is 19.9 Å². The zero-order valence-corrected chi connectivity index (χ0v) is 20.2. The zero-order chi connectivity index (χ0) is 25.8. The molecule has 1 aliphatic carbocycles. The first-order chi connectivity index (χ1) is 18.1. The van der Waals surface area contributed by atoms with Crippen molar-refractivity contribution in [1.29, 1.82) is 0 Å². The predicted molar refractivity (Wildman–Crippen MR) is 132 cm³/mol. The van der Waals surface area contributed by atoms with Crippen LogP contribution in [0.2, 0.25) is 0 Å². The second kappa shape index (κ2) is 10.9. The van der Waals surface area contributed by atoms with Gasteiger partial charge in [-0.05, 0) is 38.3 Å². The number of anilines is 2. The summed E-state index contributed by atoms with van der Waals surface area (Å²) >= 11 is 0. The second-order valence-electron chi connectivity index (χ2n) is 8.42. The monoisotopic (exact) mass is 508 g/mol. The largest absolute Gasteiger partial charge is 0.494 e. The molecule has 192 valence electrons. The molecule has 11 heteroatoms. The Kier molecular flexibility index (Phi) is 7.22. The Morgan fingerprint density at radius 3 is 2.62 bits per heavy atom. The minimum Gasteiger partial charge on any atom is -0.494 e. The van der Waals surface area contributed by atoms with E-state index >= 15 is 0 Å². The average molecular weight is 509 g/mol. The van der Waals surface area contributed by atoms with Gasteiger partial charge >= 0.3 is 0 Å². The van der Waals surface area contributed by atoms with E-state index in [4.69, 9.17) is 9.47 Å². The average Bonchev–Trinajstić information content (AvgIpc) is 3.50. The number of halogens is 2. The number of fused-ring (bicyclic) bond motifs is 1. The van der Waals surface area contributed by atoms with Crippen LogP contribution in [0.25, 0.3) is 11.5 Å². The summed E-state index contributed by atoms with van der Waals surface area (Å²) in [6, 6.07) is 5.95. The Hall–Kier alpha value is -4.12. The first kappa shape index (κ1) is 24.6. The number of benzene rings is 1. The number of hydrogen-bond donors (Lipinski definition) is 2. The first-order valence-corrected chi connectivity index (χ1v) is 12.0. The maximum Gasteiger partial charge on any atom is 0.182 e. The highest BCUT2D eigenvalue weighted by molar-refractivity contribution is 5.66. The van der Waals surface area contributed by atoms with Crippen LogP contribution in [0.3, 0.4) is 0 Å². The summed E-state index contributed by atoms with van der Waals surface area (Å²) in [5.41, 5.74) is 3.10. The number of aliphatic hydroxyl groups is 1. The lowest BCUT2D eigenvalue weighted by molar-refractivity contribution is 0.201. The van der Waals surface area contributed by atoms with Crippen LogP contribution in [-0.2, 0) is 19.4 Å². The number of hydrogen-bond acceptors (Lipinski definition) is 8. The molecule has 5 rings (SSSR count). The normalized spacial score (nSPS) is 12.4. The van der Waals surface area contributed by atoms with E-state index in [1.165, 1.54) is 18.3 Å². The molecule has 0 saturated heterocycles. The molecule has 0 spiro atoms. The third-order valence-corrected chi connectivity index (χ3v) is 6.00. The fourth-order valence-electron chi connectivity index (χ4n) is 4.36. The van der Waals surface area contributed by atoms with Gasteiger partial charge in [-0.3, -0.25) is 9.67 Å². The number of aromatic nitrogens is 5. The van der Waals surface area contributed by atoms with Gasteiger partial charge in [0.2, 0.25) is 0 Å². The molecule has 37 heavy (non-hydrogen) atoms. The molecule has 1 aliphatic rings. The molecule has 0 aliphatic heterocycles. The highest BCUT2D eigenvalue weighted by Crippen LogP contribution is 2.34. The van der Waals surface area contributed by atoms with Gasteiger partial charge in [0.05, 0.1) is 26.0 Å². The summed E-state index contributed by atoms with van der Waals surface area (Å²) in [7, 11) is 0. The van der Waals surface area contributed by atoms with Gasteiger partial charge in [0.15, 0.2) is 17.4 Å². The topological polar surface area (TPSA) is 107 Å². The molecule has 3 heterocycles. The standard InChI is InChI=1S/C26H26F2N6O3/c1-2-36-17-12-20(27)19(21(28)13-17)15-34-22-5-3-4-18(22)24(33-34)26-30-14-23(37-11-10-35)25(32-26)31-16-6-8-29-9-7-16/h6-9,12-14,35H,2-5,10-11,15H2,1H3,(H,29,30,31,32). The molecule has 0 fully saturated rings. The van der Waals surface area contributed by atoms with Crippen molar-refractivity contribution in [2.24, 2.45) is 0 Å². The van der Waals surface area contributed by atoms with Crippen LogP contribution in [-0.4, -0.2) is 49.7 Å². The maximum atomic E-state index is 14.8. The van der Waals surface area contributed by atoms with Crippen LogP contribution in [0.1, 0.15) is 30.2 Å². The third-order valence-electron chi connectivity index (χ3n) is 6.00. The third kappa shape index (κ3) is 5.21. The van der Waals surface area contributed by atoms with Crippen molar-refractivity contribution in [1.82, 2.24) is 24.7 Å². The quantitative estimate of drug-likeness (QED) is 0.330. The van der Waals surface area contributed by atoms with Crippen LogP contribution < -0.4 is 14.8 Å². The van der Waals surface area contributed by atoms with Gasteiger partial charge in [0.25, 0.3) is 0 Å². The molecular formula is C26H26F2N6O3. The fourth-order valence-corrected chi connectivity index (χ4v) is 4.36. The first-order valence-electron chi connectivity index (χ1n) is 12.0. The summed E-state index contributed by atoms with van der Waals surface area (Å²) in [5.74, 6) is -0.0922. The molecule has 9 nitrogen and oxygen atoms in total. The minimum atomic E-state index is -0.683. The highest BCUT2D eigenvalue weighted by Gasteiger charge is 2.27. The van der Waals surface area contributed by atoms with Crippen LogP contribution in [0.4, 0.5) is 20.3 Å². The van der Waals surface area contributed by atoms with Gasteiger partial charge in [0, 0.05) is 47.0 Å². The second-order valence-corrected chi connectivity index (χ2v) is 8.42. The number of aliphatic hydroxyl groups excluding tert-OH is 1. The molecule has 0 amide bonds. The lowest BCUT2D eigenvalue weighted by atomic mass is 10.1. The van der Waals surface area contributed by atoms with E-state index in [1.807, 2.05) is 0 Å². The van der Waals surface area contributed by atoms with Crippen molar-refractivity contribution in [3.8, 4) is 23.0 Å². The van der Waals surface area contributed by atoms with E-state index in [2.05, 4.69) is 25.4 Å². The minimum absolute atomic E-state index is 0.0633. The molecule has 3 aromatic heterocycles. The summed E-state index contributed by atoms with van der Waals surface area (Å²) in [4.78, 5) is 13.1. The van der Waals surface area contributed by atoms with Crippen LogP contribution in [0, 0.1) is 11.6 Å².